The number of nitro groups is 1. The van der Waals surface area contributed by atoms with Gasteiger partial charge in [0.2, 0.25) is 0 Å². The average molecular weight is 440 g/mol. The quantitative estimate of drug-likeness (QED) is 0.408. The van der Waals surface area contributed by atoms with Crippen LogP contribution >= 0.6 is 11.6 Å². The number of aryl methyl sites for hydroxylation is 1. The molecule has 2 aromatic carbocycles. The maximum absolute atomic E-state index is 11.2. The van der Waals surface area contributed by atoms with Crippen LogP contribution in [0.25, 0.3) is 0 Å². The van der Waals surface area contributed by atoms with Crippen LogP contribution in [0.1, 0.15) is 23.0 Å². The summed E-state index contributed by atoms with van der Waals surface area (Å²) < 4.78 is 1.69. The lowest BCUT2D eigenvalue weighted by Gasteiger charge is -2.39. The summed E-state index contributed by atoms with van der Waals surface area (Å²) in [4.78, 5) is 19.8. The molecule has 1 atom stereocenters. The SMILES string of the molecule is Cc1ncc([N+](=O)[O-])n1CCN1CCN(C(c2ccccc2)c2ccc(Cl)cc2)CC1. The van der Waals surface area contributed by atoms with Crippen LogP contribution in [-0.2, 0) is 6.54 Å². The fourth-order valence-electron chi connectivity index (χ4n) is 4.26. The highest BCUT2D eigenvalue weighted by molar-refractivity contribution is 6.30. The molecule has 1 unspecified atom stereocenters. The van der Waals surface area contributed by atoms with E-state index in [-0.39, 0.29) is 16.8 Å². The number of nitrogens with zero attached hydrogens (tertiary/aromatic N) is 5. The maximum Gasteiger partial charge on any atom is 0.342 e. The monoisotopic (exact) mass is 439 g/mol. The van der Waals surface area contributed by atoms with Crippen LogP contribution in [0.3, 0.4) is 0 Å². The lowest BCUT2D eigenvalue weighted by Crippen LogP contribution is -2.48. The van der Waals surface area contributed by atoms with Crippen molar-refractivity contribution in [1.82, 2.24) is 19.4 Å². The second kappa shape index (κ2) is 9.60. The third-order valence-electron chi connectivity index (χ3n) is 5.93. The van der Waals surface area contributed by atoms with E-state index in [2.05, 4.69) is 51.2 Å². The van der Waals surface area contributed by atoms with Crippen molar-refractivity contribution in [2.24, 2.45) is 0 Å². The molecule has 0 amide bonds. The minimum atomic E-state index is -0.367. The molecular weight excluding hydrogens is 414 g/mol. The van der Waals surface area contributed by atoms with E-state index in [9.17, 15) is 10.1 Å². The molecule has 0 radical (unpaired) electrons. The lowest BCUT2D eigenvalue weighted by atomic mass is 9.96. The zero-order chi connectivity index (χ0) is 21.8. The Hall–Kier alpha value is -2.74. The summed E-state index contributed by atoms with van der Waals surface area (Å²) in [7, 11) is 0. The van der Waals surface area contributed by atoms with Gasteiger partial charge in [0.05, 0.1) is 6.04 Å². The molecule has 31 heavy (non-hydrogen) atoms. The van der Waals surface area contributed by atoms with Crippen molar-refractivity contribution in [1.29, 1.82) is 0 Å². The molecule has 162 valence electrons. The van der Waals surface area contributed by atoms with Gasteiger partial charge in [-0.25, -0.2) is 9.55 Å². The molecule has 4 rings (SSSR count). The van der Waals surface area contributed by atoms with Crippen molar-refractivity contribution < 1.29 is 4.92 Å². The number of aromatic nitrogens is 2. The van der Waals surface area contributed by atoms with E-state index in [0.717, 1.165) is 37.7 Å². The standard InChI is InChI=1S/C23H26ClN5O2/c1-18-25-17-22(29(30)31)28(18)16-13-26-11-14-27(15-12-26)23(19-5-3-2-4-6-19)20-7-9-21(24)10-8-20/h2-10,17,23H,11-16H2,1H3. The van der Waals surface area contributed by atoms with Gasteiger partial charge in [-0.1, -0.05) is 54.1 Å². The molecule has 3 aromatic rings. The van der Waals surface area contributed by atoms with Crippen LogP contribution in [-0.4, -0.2) is 57.0 Å². The molecule has 0 saturated carbocycles. The predicted molar refractivity (Wildman–Crippen MR) is 121 cm³/mol. The van der Waals surface area contributed by atoms with Gasteiger partial charge in [0.1, 0.15) is 12.7 Å². The molecule has 1 aromatic heterocycles. The van der Waals surface area contributed by atoms with Gasteiger partial charge in [0, 0.05) is 44.7 Å². The Morgan fingerprint density at radius 1 is 1.00 bits per heavy atom. The van der Waals surface area contributed by atoms with Crippen LogP contribution in [0.2, 0.25) is 5.02 Å². The largest absolute Gasteiger partial charge is 0.358 e. The molecule has 0 aliphatic carbocycles. The van der Waals surface area contributed by atoms with Gasteiger partial charge in [-0.3, -0.25) is 9.80 Å². The Morgan fingerprint density at radius 3 is 2.29 bits per heavy atom. The highest BCUT2D eigenvalue weighted by Gasteiger charge is 2.27. The molecule has 8 heteroatoms. The minimum absolute atomic E-state index is 0.0583. The summed E-state index contributed by atoms with van der Waals surface area (Å²) in [6.07, 6.45) is 1.34. The van der Waals surface area contributed by atoms with Crippen molar-refractivity contribution in [3.05, 3.63) is 92.9 Å². The average Bonchev–Trinajstić information content (AvgIpc) is 3.16. The second-order valence-electron chi connectivity index (χ2n) is 7.81. The Kier molecular flexibility index (Phi) is 6.65. The molecule has 7 nitrogen and oxygen atoms in total. The maximum atomic E-state index is 11.2. The van der Waals surface area contributed by atoms with E-state index in [0.29, 0.717) is 12.4 Å². The summed E-state index contributed by atoms with van der Waals surface area (Å²) in [6, 6.07) is 18.8. The van der Waals surface area contributed by atoms with Gasteiger partial charge in [-0.15, -0.1) is 0 Å². The van der Waals surface area contributed by atoms with Gasteiger partial charge in [0.15, 0.2) is 5.82 Å². The predicted octanol–water partition coefficient (Wildman–Crippen LogP) is 4.16. The molecule has 0 spiro atoms. The van der Waals surface area contributed by atoms with E-state index in [1.54, 1.807) is 4.57 Å². The molecular formula is C23H26ClN5O2. The summed E-state index contributed by atoms with van der Waals surface area (Å²) in [5, 5.41) is 12.0. The highest BCUT2D eigenvalue weighted by atomic mass is 35.5. The number of rotatable bonds is 7. The van der Waals surface area contributed by atoms with Gasteiger partial charge < -0.3 is 10.1 Å². The molecule has 2 heterocycles. The first kappa shape index (κ1) is 21.5. The fraction of sp³-hybridized carbons (Fsp3) is 0.348. The zero-order valence-corrected chi connectivity index (χ0v) is 18.3. The Bertz CT molecular complexity index is 1010. The first-order valence-corrected chi connectivity index (χ1v) is 10.8. The van der Waals surface area contributed by atoms with Crippen LogP contribution in [0, 0.1) is 17.0 Å². The summed E-state index contributed by atoms with van der Waals surface area (Å²) in [5.74, 6) is 0.736. The molecule has 0 N–H and O–H groups in total. The van der Waals surface area contributed by atoms with E-state index >= 15 is 0 Å². The van der Waals surface area contributed by atoms with Gasteiger partial charge >= 0.3 is 5.82 Å². The van der Waals surface area contributed by atoms with Crippen LogP contribution in [0.5, 0.6) is 0 Å². The molecule has 1 aliphatic heterocycles. The Morgan fingerprint density at radius 2 is 1.65 bits per heavy atom. The van der Waals surface area contributed by atoms with Crippen molar-refractivity contribution in [3.8, 4) is 0 Å². The van der Waals surface area contributed by atoms with Crippen LogP contribution < -0.4 is 0 Å². The second-order valence-corrected chi connectivity index (χ2v) is 8.25. The first-order valence-electron chi connectivity index (χ1n) is 10.5. The third kappa shape index (κ3) is 4.95. The first-order chi connectivity index (χ1) is 15.0. The number of imidazole rings is 1. The van der Waals surface area contributed by atoms with E-state index < -0.39 is 0 Å². The van der Waals surface area contributed by atoms with Crippen LogP contribution in [0.4, 0.5) is 5.82 Å². The van der Waals surface area contributed by atoms with Crippen molar-refractivity contribution >= 4 is 17.4 Å². The topological polar surface area (TPSA) is 67.4 Å². The minimum Gasteiger partial charge on any atom is -0.358 e. The normalized spacial score (nSPS) is 16.3. The van der Waals surface area contributed by atoms with Crippen molar-refractivity contribution in [2.75, 3.05) is 32.7 Å². The van der Waals surface area contributed by atoms with Gasteiger partial charge in [0.25, 0.3) is 0 Å². The zero-order valence-electron chi connectivity index (χ0n) is 17.5. The Balaban J connectivity index is 1.43. The smallest absolute Gasteiger partial charge is 0.342 e. The van der Waals surface area contributed by atoms with Gasteiger partial charge in [-0.2, -0.15) is 0 Å². The molecule has 0 bridgehead atoms. The van der Waals surface area contributed by atoms with E-state index in [1.165, 1.54) is 17.3 Å². The summed E-state index contributed by atoms with van der Waals surface area (Å²) in [5.41, 5.74) is 2.50. The highest BCUT2D eigenvalue weighted by Crippen LogP contribution is 2.30. The van der Waals surface area contributed by atoms with Crippen LogP contribution in [0.15, 0.2) is 60.8 Å². The Labute approximate surface area is 187 Å². The van der Waals surface area contributed by atoms with Crippen molar-refractivity contribution in [2.45, 2.75) is 19.5 Å². The number of piperazine rings is 1. The molecule has 1 fully saturated rings. The lowest BCUT2D eigenvalue weighted by molar-refractivity contribution is -0.392. The van der Waals surface area contributed by atoms with Gasteiger partial charge in [-0.05, 0) is 28.2 Å². The molecule has 1 aliphatic rings. The summed E-state index contributed by atoms with van der Waals surface area (Å²) >= 11 is 6.12. The number of halogens is 1. The molecule has 1 saturated heterocycles. The number of hydrogen-bond donors (Lipinski definition) is 0. The number of benzene rings is 2. The van der Waals surface area contributed by atoms with E-state index in [1.807, 2.05) is 25.1 Å². The van der Waals surface area contributed by atoms with Crippen molar-refractivity contribution in [3.63, 3.8) is 0 Å². The third-order valence-corrected chi connectivity index (χ3v) is 6.19. The summed E-state index contributed by atoms with van der Waals surface area (Å²) in [6.45, 7) is 6.82. The fourth-order valence-corrected chi connectivity index (χ4v) is 4.39. The van der Waals surface area contributed by atoms with E-state index in [4.69, 9.17) is 11.6 Å². The number of hydrogen-bond acceptors (Lipinski definition) is 5.